The van der Waals surface area contributed by atoms with Gasteiger partial charge in [0, 0.05) is 6.54 Å². The highest BCUT2D eigenvalue weighted by Crippen LogP contribution is 1.84. The van der Waals surface area contributed by atoms with E-state index in [2.05, 4.69) is 0 Å². The molecule has 0 aromatic carbocycles. The third kappa shape index (κ3) is 9.21. The third-order valence-corrected chi connectivity index (χ3v) is 1.02. The second kappa shape index (κ2) is 8.31. The van der Waals surface area contributed by atoms with E-state index in [1.165, 1.54) is 0 Å². The summed E-state index contributed by atoms with van der Waals surface area (Å²) in [7, 11) is 3.77. The second-order valence-corrected chi connectivity index (χ2v) is 2.36. The van der Waals surface area contributed by atoms with Gasteiger partial charge in [0.2, 0.25) is 0 Å². The zero-order valence-corrected chi connectivity index (χ0v) is 8.06. The van der Waals surface area contributed by atoms with Crippen molar-refractivity contribution in [2.24, 2.45) is 0 Å². The van der Waals surface area contributed by atoms with E-state index in [1.807, 2.05) is 19.0 Å². The molecule has 0 atom stereocenters. The molecule has 0 heterocycles. The summed E-state index contributed by atoms with van der Waals surface area (Å²) in [5, 5.41) is 8.08. The third-order valence-electron chi connectivity index (χ3n) is 1.02. The van der Waals surface area contributed by atoms with Gasteiger partial charge in [-0.15, -0.1) is 12.4 Å². The highest BCUT2D eigenvalue weighted by atomic mass is 35.5. The Morgan fingerprint density at radius 2 is 2.17 bits per heavy atom. The lowest BCUT2D eigenvalue weighted by Gasteiger charge is -2.08. The molecule has 0 aliphatic heterocycles. The second-order valence-electron chi connectivity index (χ2n) is 2.36. The molecule has 0 saturated carbocycles. The molecule has 12 heavy (non-hydrogen) atoms. The molecule has 0 saturated heterocycles. The largest absolute Gasteiger partial charge is 0.464 e. The summed E-state index contributed by atoms with van der Waals surface area (Å²) in [6.07, 6.45) is -0.159. The maximum Gasteiger partial charge on any atom is 0.320 e. The molecule has 0 aliphatic carbocycles. The Morgan fingerprint density at radius 1 is 1.58 bits per heavy atom. The van der Waals surface area contributed by atoms with Crippen molar-refractivity contribution in [3.05, 3.63) is 0 Å². The first-order chi connectivity index (χ1) is 5.16. The number of ether oxygens (including phenoxy) is 1. The van der Waals surface area contributed by atoms with E-state index in [-0.39, 0.29) is 18.8 Å². The molecule has 0 unspecified atom stereocenters. The minimum Gasteiger partial charge on any atom is -0.464 e. The fourth-order valence-electron chi connectivity index (χ4n) is 0.458. The smallest absolute Gasteiger partial charge is 0.320 e. The van der Waals surface area contributed by atoms with Gasteiger partial charge < -0.3 is 9.64 Å². The number of nitrogens with zero attached hydrogens (tertiary/aromatic N) is 2. The Kier molecular flexibility index (Phi) is 9.54. The lowest BCUT2D eigenvalue weighted by molar-refractivity contribution is -0.142. The number of likely N-dealkylation sites (N-methyl/N-ethyl adjacent to an activating group) is 1. The van der Waals surface area contributed by atoms with Crippen LogP contribution in [-0.4, -0.2) is 38.1 Å². The van der Waals surface area contributed by atoms with E-state index in [0.29, 0.717) is 13.2 Å². The van der Waals surface area contributed by atoms with Crippen LogP contribution < -0.4 is 0 Å². The Hall–Kier alpha value is -0.790. The first-order valence-corrected chi connectivity index (χ1v) is 3.34. The Bertz CT molecular complexity index is 165. The quantitative estimate of drug-likeness (QED) is 0.606. The van der Waals surface area contributed by atoms with Gasteiger partial charge in [0.25, 0.3) is 0 Å². The zero-order chi connectivity index (χ0) is 8.69. The van der Waals surface area contributed by atoms with Crippen LogP contribution in [0.4, 0.5) is 0 Å². The predicted molar refractivity (Wildman–Crippen MR) is 47.0 cm³/mol. The molecule has 0 radical (unpaired) electrons. The van der Waals surface area contributed by atoms with Crippen molar-refractivity contribution in [2.45, 2.75) is 6.42 Å². The normalized spacial score (nSPS) is 8.50. The number of hydrogen-bond acceptors (Lipinski definition) is 4. The Labute approximate surface area is 78.5 Å². The van der Waals surface area contributed by atoms with Gasteiger partial charge in [0.05, 0.1) is 6.07 Å². The van der Waals surface area contributed by atoms with E-state index >= 15 is 0 Å². The topological polar surface area (TPSA) is 53.3 Å². The van der Waals surface area contributed by atoms with Crippen LogP contribution in [0, 0.1) is 11.3 Å². The van der Waals surface area contributed by atoms with Crippen LogP contribution in [0.5, 0.6) is 0 Å². The van der Waals surface area contributed by atoms with Gasteiger partial charge in [-0.05, 0) is 14.1 Å². The fraction of sp³-hybridized carbons (Fsp3) is 0.714. The van der Waals surface area contributed by atoms with Crippen LogP contribution in [0.3, 0.4) is 0 Å². The number of carbonyl (C=O) groups is 1. The van der Waals surface area contributed by atoms with Gasteiger partial charge in [-0.3, -0.25) is 4.79 Å². The number of rotatable bonds is 4. The van der Waals surface area contributed by atoms with E-state index in [9.17, 15) is 4.79 Å². The minimum absolute atomic E-state index is 0. The highest BCUT2D eigenvalue weighted by molar-refractivity contribution is 5.85. The summed E-state index contributed by atoms with van der Waals surface area (Å²) >= 11 is 0. The number of carbonyl (C=O) groups excluding carboxylic acids is 1. The minimum atomic E-state index is -0.450. The molecule has 5 heteroatoms. The van der Waals surface area contributed by atoms with E-state index in [4.69, 9.17) is 10.00 Å². The van der Waals surface area contributed by atoms with Gasteiger partial charge in [-0.2, -0.15) is 5.26 Å². The maximum atomic E-state index is 10.6. The first-order valence-electron chi connectivity index (χ1n) is 3.34. The summed E-state index contributed by atoms with van der Waals surface area (Å²) < 4.78 is 4.69. The van der Waals surface area contributed by atoms with Crippen molar-refractivity contribution in [3.63, 3.8) is 0 Å². The molecule has 0 spiro atoms. The monoisotopic (exact) mass is 192 g/mol. The van der Waals surface area contributed by atoms with Crippen molar-refractivity contribution >= 4 is 18.4 Å². The van der Waals surface area contributed by atoms with Crippen LogP contribution in [0.15, 0.2) is 0 Å². The Morgan fingerprint density at radius 3 is 2.58 bits per heavy atom. The van der Waals surface area contributed by atoms with E-state index in [1.54, 1.807) is 6.07 Å². The molecule has 4 nitrogen and oxygen atoms in total. The molecule has 0 fully saturated rings. The standard InChI is InChI=1S/C7H12N2O2.ClH/c1-9(2)5-6-11-7(10)3-4-8;/h3,5-6H2,1-2H3;1H. The average Bonchev–Trinajstić information content (AvgIpc) is 1.87. The zero-order valence-electron chi connectivity index (χ0n) is 7.24. The molecule has 0 aromatic heterocycles. The van der Waals surface area contributed by atoms with Gasteiger partial charge in [-0.25, -0.2) is 0 Å². The van der Waals surface area contributed by atoms with E-state index in [0.717, 1.165) is 0 Å². The van der Waals surface area contributed by atoms with Crippen molar-refractivity contribution in [3.8, 4) is 6.07 Å². The van der Waals surface area contributed by atoms with Gasteiger partial charge >= 0.3 is 5.97 Å². The highest BCUT2D eigenvalue weighted by Gasteiger charge is 1.99. The van der Waals surface area contributed by atoms with Gasteiger partial charge in [0.15, 0.2) is 0 Å². The molecule has 70 valence electrons. The maximum absolute atomic E-state index is 10.6. The van der Waals surface area contributed by atoms with Crippen LogP contribution >= 0.6 is 12.4 Å². The molecule has 0 aliphatic rings. The molecule has 0 bridgehead atoms. The molecule has 0 rings (SSSR count). The summed E-state index contributed by atoms with van der Waals surface area (Å²) in [5.41, 5.74) is 0. The fourth-order valence-corrected chi connectivity index (χ4v) is 0.458. The molecular weight excluding hydrogens is 180 g/mol. The van der Waals surface area contributed by atoms with E-state index < -0.39 is 5.97 Å². The number of esters is 1. The first kappa shape index (κ1) is 13.8. The van der Waals surface area contributed by atoms with Crippen LogP contribution in [0.25, 0.3) is 0 Å². The molecule has 0 N–H and O–H groups in total. The van der Waals surface area contributed by atoms with Crippen molar-refractivity contribution < 1.29 is 9.53 Å². The average molecular weight is 193 g/mol. The number of hydrogen-bond donors (Lipinski definition) is 0. The van der Waals surface area contributed by atoms with Gasteiger partial charge in [0.1, 0.15) is 13.0 Å². The van der Waals surface area contributed by atoms with Gasteiger partial charge in [-0.1, -0.05) is 0 Å². The lowest BCUT2D eigenvalue weighted by Crippen LogP contribution is -2.19. The summed E-state index contributed by atoms with van der Waals surface area (Å²) in [5.74, 6) is -0.450. The summed E-state index contributed by atoms with van der Waals surface area (Å²) in [6, 6.07) is 1.72. The molecular formula is C7H13ClN2O2. The van der Waals surface area contributed by atoms with Crippen molar-refractivity contribution in [1.29, 1.82) is 5.26 Å². The molecule has 0 aromatic rings. The summed E-state index contributed by atoms with van der Waals surface area (Å²) in [4.78, 5) is 12.5. The number of halogens is 1. The van der Waals surface area contributed by atoms with Crippen molar-refractivity contribution in [2.75, 3.05) is 27.2 Å². The SMILES string of the molecule is CN(C)CCOC(=O)CC#N.Cl. The van der Waals surface area contributed by atoms with Crippen LogP contribution in [0.1, 0.15) is 6.42 Å². The number of nitriles is 1. The molecule has 0 amide bonds. The Balaban J connectivity index is 0. The summed E-state index contributed by atoms with van der Waals surface area (Å²) in [6.45, 7) is 1.05. The lowest BCUT2D eigenvalue weighted by atomic mass is 10.5. The van der Waals surface area contributed by atoms with Crippen LogP contribution in [-0.2, 0) is 9.53 Å². The predicted octanol–water partition coefficient (Wildman–Crippen LogP) is 0.427. The van der Waals surface area contributed by atoms with Crippen molar-refractivity contribution in [1.82, 2.24) is 4.90 Å². The van der Waals surface area contributed by atoms with Crippen LogP contribution in [0.2, 0.25) is 0 Å².